The maximum Gasteiger partial charge on any atom is 0.352 e. The van der Waals surface area contributed by atoms with Crippen molar-refractivity contribution in [3.63, 3.8) is 0 Å². The van der Waals surface area contributed by atoms with E-state index in [-0.39, 0.29) is 10.6 Å². The molecule has 1 aromatic heterocycles. The Morgan fingerprint density at radius 1 is 1.08 bits per heavy atom. The largest absolute Gasteiger partial charge is 0.494 e. The quantitative estimate of drug-likeness (QED) is 0.723. The van der Waals surface area contributed by atoms with Crippen LogP contribution >= 0.6 is 0 Å². The maximum atomic E-state index is 11.5. The van der Waals surface area contributed by atoms with E-state index < -0.39 is 15.8 Å². The van der Waals surface area contributed by atoms with Crippen LogP contribution in [0, 0.1) is 0 Å². The minimum atomic E-state index is -3.27. The number of carbonyl (C=O) groups is 1. The van der Waals surface area contributed by atoms with Gasteiger partial charge in [-0.3, -0.25) is 0 Å². The molecule has 0 saturated carbocycles. The van der Waals surface area contributed by atoms with Crippen LogP contribution in [0.3, 0.4) is 0 Å². The highest BCUT2D eigenvalue weighted by molar-refractivity contribution is 7.90. The summed E-state index contributed by atoms with van der Waals surface area (Å²) in [5.41, 5.74) is 0.600. The molecule has 0 spiro atoms. The summed E-state index contributed by atoms with van der Waals surface area (Å²) in [6, 6.07) is 10.8. The Labute approximate surface area is 143 Å². The van der Waals surface area contributed by atoms with E-state index in [4.69, 9.17) is 14.6 Å². The molecule has 7 nitrogen and oxygen atoms in total. The van der Waals surface area contributed by atoms with E-state index in [1.54, 1.807) is 24.3 Å². The van der Waals surface area contributed by atoms with Gasteiger partial charge in [0.2, 0.25) is 0 Å². The smallest absolute Gasteiger partial charge is 0.352 e. The molecule has 1 heterocycles. The Morgan fingerprint density at radius 3 is 2.32 bits per heavy atom. The molecule has 0 saturated heterocycles. The van der Waals surface area contributed by atoms with Crippen molar-refractivity contribution in [2.45, 2.75) is 4.90 Å². The van der Waals surface area contributed by atoms with E-state index >= 15 is 0 Å². The highest BCUT2D eigenvalue weighted by Gasteiger charge is 2.13. The van der Waals surface area contributed by atoms with Gasteiger partial charge in [-0.2, -0.15) is 0 Å². The number of rotatable bonds is 5. The molecule has 2 N–H and O–H groups in total. The van der Waals surface area contributed by atoms with Gasteiger partial charge in [0.05, 0.1) is 17.5 Å². The Balaban J connectivity index is 1.97. The molecule has 0 amide bonds. The van der Waals surface area contributed by atoms with E-state index in [0.717, 1.165) is 6.26 Å². The summed E-state index contributed by atoms with van der Waals surface area (Å²) >= 11 is 0. The first-order valence-electron chi connectivity index (χ1n) is 7.20. The fraction of sp³-hybridized carbons (Fsp3) is 0.118. The number of aromatic nitrogens is 1. The van der Waals surface area contributed by atoms with Gasteiger partial charge >= 0.3 is 5.97 Å². The van der Waals surface area contributed by atoms with Gasteiger partial charge < -0.3 is 19.6 Å². The lowest BCUT2D eigenvalue weighted by Gasteiger charge is -2.09. The predicted molar refractivity (Wildman–Crippen MR) is 91.4 cm³/mol. The number of methoxy groups -OCH3 is 1. The zero-order valence-corrected chi connectivity index (χ0v) is 14.3. The maximum absolute atomic E-state index is 11.5. The van der Waals surface area contributed by atoms with Crippen LogP contribution in [0.2, 0.25) is 0 Å². The minimum absolute atomic E-state index is 0.0444. The van der Waals surface area contributed by atoms with Gasteiger partial charge in [-0.1, -0.05) is 0 Å². The van der Waals surface area contributed by atoms with Gasteiger partial charge in [0.15, 0.2) is 9.84 Å². The number of carboxylic acid groups (broad SMARTS) is 1. The summed E-state index contributed by atoms with van der Waals surface area (Å²) in [6.45, 7) is 0. The molecule has 0 unspecified atom stereocenters. The molecule has 0 fully saturated rings. The lowest BCUT2D eigenvalue weighted by Crippen LogP contribution is -1.96. The van der Waals surface area contributed by atoms with Crippen LogP contribution in [-0.2, 0) is 9.84 Å². The normalized spacial score (nSPS) is 11.4. The van der Waals surface area contributed by atoms with Crippen LogP contribution in [-0.4, -0.2) is 37.8 Å². The molecule has 2 aromatic carbocycles. The zero-order valence-electron chi connectivity index (χ0n) is 13.4. The third kappa shape index (κ3) is 3.43. The number of hydrogen-bond donors (Lipinski definition) is 2. The van der Waals surface area contributed by atoms with E-state index in [1.165, 1.54) is 25.3 Å². The number of sulfone groups is 1. The summed E-state index contributed by atoms with van der Waals surface area (Å²) in [6.07, 6.45) is 1.13. The lowest BCUT2D eigenvalue weighted by atomic mass is 10.2. The summed E-state index contributed by atoms with van der Waals surface area (Å²) in [4.78, 5) is 14.1. The van der Waals surface area contributed by atoms with Gasteiger partial charge in [0.25, 0.3) is 0 Å². The Kier molecular flexibility index (Phi) is 4.13. The zero-order chi connectivity index (χ0) is 18.2. The molecule has 3 rings (SSSR count). The number of carboxylic acids is 1. The van der Waals surface area contributed by atoms with Crippen molar-refractivity contribution < 1.29 is 27.8 Å². The molecular formula is C17H15NO6S. The number of aromatic carboxylic acids is 1. The van der Waals surface area contributed by atoms with Crippen molar-refractivity contribution in [2.75, 3.05) is 13.4 Å². The number of benzene rings is 2. The number of fused-ring (bicyclic) bond motifs is 1. The molecule has 0 bridgehead atoms. The highest BCUT2D eigenvalue weighted by Crippen LogP contribution is 2.33. The molecule has 0 aliphatic carbocycles. The van der Waals surface area contributed by atoms with Crippen molar-refractivity contribution in [3.8, 4) is 17.2 Å². The van der Waals surface area contributed by atoms with Crippen LogP contribution in [0.1, 0.15) is 10.5 Å². The molecule has 25 heavy (non-hydrogen) atoms. The number of hydrogen-bond acceptors (Lipinski definition) is 5. The van der Waals surface area contributed by atoms with Crippen molar-refractivity contribution in [1.82, 2.24) is 4.98 Å². The Morgan fingerprint density at radius 2 is 1.76 bits per heavy atom. The molecule has 0 aliphatic heterocycles. The van der Waals surface area contributed by atoms with Gasteiger partial charge in [-0.15, -0.1) is 0 Å². The lowest BCUT2D eigenvalue weighted by molar-refractivity contribution is 0.0691. The Hall–Kier alpha value is -3.00. The number of nitrogens with one attached hydrogen (secondary N) is 1. The summed E-state index contributed by atoms with van der Waals surface area (Å²) < 4.78 is 34.0. The van der Waals surface area contributed by atoms with E-state index in [9.17, 15) is 13.2 Å². The van der Waals surface area contributed by atoms with Crippen molar-refractivity contribution in [2.24, 2.45) is 0 Å². The molecular weight excluding hydrogens is 346 g/mol. The minimum Gasteiger partial charge on any atom is -0.494 e. The van der Waals surface area contributed by atoms with E-state index in [1.807, 2.05) is 0 Å². The van der Waals surface area contributed by atoms with Gasteiger partial charge in [-0.25, -0.2) is 13.2 Å². The molecule has 0 aliphatic rings. The monoisotopic (exact) mass is 361 g/mol. The molecule has 3 aromatic rings. The molecule has 0 atom stereocenters. The first-order valence-corrected chi connectivity index (χ1v) is 9.09. The standard InChI is InChI=1S/C17H15NO6S/c1-23-15-9-12(7-10-8-14(17(19)20)18-16(10)15)24-11-3-5-13(6-4-11)25(2,21)22/h3-9,18H,1-2H3,(H,19,20). The van der Waals surface area contributed by atoms with E-state index in [2.05, 4.69) is 4.98 Å². The first kappa shape index (κ1) is 16.8. The fourth-order valence-electron chi connectivity index (χ4n) is 2.41. The van der Waals surface area contributed by atoms with Crippen LogP contribution in [0.4, 0.5) is 0 Å². The molecule has 130 valence electrons. The van der Waals surface area contributed by atoms with Crippen LogP contribution in [0.25, 0.3) is 10.9 Å². The summed E-state index contributed by atoms with van der Waals surface area (Å²) in [5.74, 6) is 0.250. The Bertz CT molecular complexity index is 1050. The summed E-state index contributed by atoms with van der Waals surface area (Å²) in [5, 5.41) is 9.72. The second-order valence-corrected chi connectivity index (χ2v) is 7.44. The second kappa shape index (κ2) is 6.14. The highest BCUT2D eigenvalue weighted by atomic mass is 32.2. The number of ether oxygens (including phenoxy) is 2. The van der Waals surface area contributed by atoms with Crippen molar-refractivity contribution in [3.05, 3.63) is 48.2 Å². The SMILES string of the molecule is COc1cc(Oc2ccc(S(C)(=O)=O)cc2)cc2cc(C(=O)O)[nH]c12. The van der Waals surface area contributed by atoms with Crippen molar-refractivity contribution >= 4 is 26.7 Å². The van der Waals surface area contributed by atoms with Crippen LogP contribution in [0.5, 0.6) is 17.2 Å². The molecule has 8 heteroatoms. The predicted octanol–water partition coefficient (Wildman–Crippen LogP) is 3.07. The average Bonchev–Trinajstić information content (AvgIpc) is 2.98. The van der Waals surface area contributed by atoms with Crippen LogP contribution in [0.15, 0.2) is 47.4 Å². The molecule has 0 radical (unpaired) electrons. The van der Waals surface area contributed by atoms with Gasteiger partial charge in [0.1, 0.15) is 22.9 Å². The number of aromatic amines is 1. The van der Waals surface area contributed by atoms with Crippen LogP contribution < -0.4 is 9.47 Å². The van der Waals surface area contributed by atoms with Crippen molar-refractivity contribution in [1.29, 1.82) is 0 Å². The first-order chi connectivity index (χ1) is 11.8. The third-order valence-electron chi connectivity index (χ3n) is 3.60. The topological polar surface area (TPSA) is 106 Å². The number of H-pyrrole nitrogens is 1. The third-order valence-corrected chi connectivity index (χ3v) is 4.73. The second-order valence-electron chi connectivity index (χ2n) is 5.42. The van der Waals surface area contributed by atoms with E-state index in [0.29, 0.717) is 28.2 Å². The fourth-order valence-corrected chi connectivity index (χ4v) is 3.04. The summed E-state index contributed by atoms with van der Waals surface area (Å²) in [7, 11) is -1.80. The average molecular weight is 361 g/mol. The van der Waals surface area contributed by atoms with Gasteiger partial charge in [-0.05, 0) is 36.4 Å². The van der Waals surface area contributed by atoms with Gasteiger partial charge in [0, 0.05) is 17.7 Å².